The second-order valence-electron chi connectivity index (χ2n) is 4.91. The van der Waals surface area contributed by atoms with E-state index in [0.717, 1.165) is 11.1 Å². The topological polar surface area (TPSA) is 38.7 Å². The van der Waals surface area contributed by atoms with Crippen LogP contribution in [0.2, 0.25) is 0 Å². The number of hydrogen-bond acceptors (Lipinski definition) is 3. The van der Waals surface area contributed by atoms with Crippen molar-refractivity contribution >= 4 is 15.9 Å². The van der Waals surface area contributed by atoms with Crippen LogP contribution in [0.4, 0.5) is 0 Å². The lowest BCUT2D eigenvalue weighted by Crippen LogP contribution is -2.05. The fraction of sp³-hybridized carbons (Fsp3) is 0.294. The predicted octanol–water partition coefficient (Wildman–Crippen LogP) is 4.05. The zero-order valence-corrected chi connectivity index (χ0v) is 14.0. The normalized spacial score (nSPS) is 12.0. The Labute approximate surface area is 133 Å². The van der Waals surface area contributed by atoms with Gasteiger partial charge in [0.25, 0.3) is 0 Å². The van der Waals surface area contributed by atoms with E-state index >= 15 is 0 Å². The molecule has 0 aliphatic carbocycles. The molecule has 0 aliphatic heterocycles. The van der Waals surface area contributed by atoms with Crippen LogP contribution in [0.3, 0.4) is 0 Å². The van der Waals surface area contributed by atoms with Crippen molar-refractivity contribution in [3.63, 3.8) is 0 Å². The van der Waals surface area contributed by atoms with Crippen molar-refractivity contribution in [2.45, 2.75) is 19.4 Å². The summed E-state index contributed by atoms with van der Waals surface area (Å²) >= 11 is 3.45. The van der Waals surface area contributed by atoms with Crippen LogP contribution in [0.1, 0.15) is 22.8 Å². The van der Waals surface area contributed by atoms with E-state index in [1.54, 1.807) is 14.2 Å². The summed E-state index contributed by atoms with van der Waals surface area (Å²) in [6.45, 7) is 2.05. The summed E-state index contributed by atoms with van der Waals surface area (Å²) in [6.07, 6.45) is -0.0973. The number of aliphatic hydroxyl groups is 1. The molecule has 0 heterocycles. The van der Waals surface area contributed by atoms with Crippen LogP contribution in [0.15, 0.2) is 40.9 Å². The molecule has 112 valence electrons. The Hall–Kier alpha value is -1.52. The van der Waals surface area contributed by atoms with Crippen molar-refractivity contribution < 1.29 is 14.6 Å². The largest absolute Gasteiger partial charge is 0.495 e. The number of rotatable bonds is 5. The lowest BCUT2D eigenvalue weighted by Gasteiger charge is -2.18. The van der Waals surface area contributed by atoms with E-state index in [1.165, 1.54) is 5.56 Å². The monoisotopic (exact) mass is 350 g/mol. The standard InChI is InChI=1S/C17H19BrO3/c1-11-4-6-12(7-5-11)10-14(19)13-8-9-15(20-2)16(18)17(13)21-3/h4-9,14,19H,10H2,1-3H3. The van der Waals surface area contributed by atoms with E-state index in [1.807, 2.05) is 43.3 Å². The van der Waals surface area contributed by atoms with Gasteiger partial charge in [-0.25, -0.2) is 0 Å². The van der Waals surface area contributed by atoms with Gasteiger partial charge < -0.3 is 14.6 Å². The molecule has 0 fully saturated rings. The van der Waals surface area contributed by atoms with Gasteiger partial charge in [0.05, 0.1) is 20.3 Å². The fourth-order valence-electron chi connectivity index (χ4n) is 2.24. The second kappa shape index (κ2) is 6.96. The van der Waals surface area contributed by atoms with Crippen LogP contribution in [0.25, 0.3) is 0 Å². The smallest absolute Gasteiger partial charge is 0.142 e. The third-order valence-electron chi connectivity index (χ3n) is 3.42. The van der Waals surface area contributed by atoms with Gasteiger partial charge in [0, 0.05) is 12.0 Å². The molecule has 4 heteroatoms. The highest BCUT2D eigenvalue weighted by Crippen LogP contribution is 2.40. The number of ether oxygens (including phenoxy) is 2. The first-order chi connectivity index (χ1) is 10.1. The first-order valence-corrected chi connectivity index (χ1v) is 7.50. The molecule has 0 aromatic heterocycles. The summed E-state index contributed by atoms with van der Waals surface area (Å²) in [4.78, 5) is 0. The number of benzene rings is 2. The van der Waals surface area contributed by atoms with Crippen LogP contribution < -0.4 is 9.47 Å². The summed E-state index contributed by atoms with van der Waals surface area (Å²) in [6, 6.07) is 11.8. The molecular weight excluding hydrogens is 332 g/mol. The molecule has 3 nitrogen and oxygen atoms in total. The van der Waals surface area contributed by atoms with E-state index in [0.29, 0.717) is 22.4 Å². The zero-order chi connectivity index (χ0) is 15.4. The van der Waals surface area contributed by atoms with Crippen molar-refractivity contribution in [3.05, 3.63) is 57.6 Å². The highest BCUT2D eigenvalue weighted by Gasteiger charge is 2.19. The molecule has 0 radical (unpaired) electrons. The van der Waals surface area contributed by atoms with Crippen LogP contribution in [0.5, 0.6) is 11.5 Å². The summed E-state index contributed by atoms with van der Waals surface area (Å²) in [5.41, 5.74) is 3.03. The van der Waals surface area contributed by atoms with Crippen LogP contribution >= 0.6 is 15.9 Å². The lowest BCUT2D eigenvalue weighted by molar-refractivity contribution is 0.173. The van der Waals surface area contributed by atoms with Crippen molar-refractivity contribution in [2.75, 3.05) is 14.2 Å². The van der Waals surface area contributed by atoms with Gasteiger partial charge in [-0.05, 0) is 40.5 Å². The minimum Gasteiger partial charge on any atom is -0.495 e. The van der Waals surface area contributed by atoms with Crippen molar-refractivity contribution in [3.8, 4) is 11.5 Å². The van der Waals surface area contributed by atoms with Crippen molar-refractivity contribution in [2.24, 2.45) is 0 Å². The Morgan fingerprint density at radius 1 is 1.05 bits per heavy atom. The third kappa shape index (κ3) is 3.57. The molecule has 1 atom stereocenters. The SMILES string of the molecule is COc1ccc(C(O)Cc2ccc(C)cc2)c(OC)c1Br. The molecule has 0 saturated heterocycles. The average Bonchev–Trinajstić information content (AvgIpc) is 2.49. The Morgan fingerprint density at radius 2 is 1.71 bits per heavy atom. The molecule has 0 aliphatic rings. The highest BCUT2D eigenvalue weighted by atomic mass is 79.9. The number of aliphatic hydroxyl groups excluding tert-OH is 1. The van der Waals surface area contributed by atoms with Crippen LogP contribution in [-0.4, -0.2) is 19.3 Å². The zero-order valence-electron chi connectivity index (χ0n) is 12.4. The Bertz CT molecular complexity index is 608. The Balaban J connectivity index is 2.28. The van der Waals surface area contributed by atoms with E-state index in [4.69, 9.17) is 9.47 Å². The predicted molar refractivity (Wildman–Crippen MR) is 87.1 cm³/mol. The molecule has 0 saturated carbocycles. The third-order valence-corrected chi connectivity index (χ3v) is 4.18. The molecule has 0 bridgehead atoms. The quantitative estimate of drug-likeness (QED) is 0.883. The lowest BCUT2D eigenvalue weighted by atomic mass is 10.00. The molecule has 2 aromatic carbocycles. The van der Waals surface area contributed by atoms with Crippen LogP contribution in [-0.2, 0) is 6.42 Å². The number of aryl methyl sites for hydroxylation is 1. The average molecular weight is 351 g/mol. The molecule has 2 rings (SSSR count). The van der Waals surface area contributed by atoms with Gasteiger partial charge in [-0.1, -0.05) is 29.8 Å². The van der Waals surface area contributed by atoms with Gasteiger partial charge in [0.15, 0.2) is 0 Å². The summed E-state index contributed by atoms with van der Waals surface area (Å²) in [7, 11) is 3.18. The van der Waals surface area contributed by atoms with Gasteiger partial charge in [-0.15, -0.1) is 0 Å². The summed E-state index contributed by atoms with van der Waals surface area (Å²) in [5, 5.41) is 10.5. The molecule has 21 heavy (non-hydrogen) atoms. The molecule has 0 spiro atoms. The Kier molecular flexibility index (Phi) is 5.26. The van der Waals surface area contributed by atoms with Gasteiger partial charge in [-0.2, -0.15) is 0 Å². The van der Waals surface area contributed by atoms with E-state index < -0.39 is 6.10 Å². The van der Waals surface area contributed by atoms with Gasteiger partial charge in [0.1, 0.15) is 16.0 Å². The van der Waals surface area contributed by atoms with E-state index in [-0.39, 0.29) is 0 Å². The number of methoxy groups -OCH3 is 2. The maximum absolute atomic E-state index is 10.5. The minimum absolute atomic E-state index is 0.537. The van der Waals surface area contributed by atoms with E-state index in [9.17, 15) is 5.11 Å². The van der Waals surface area contributed by atoms with Gasteiger partial charge in [-0.3, -0.25) is 0 Å². The van der Waals surface area contributed by atoms with Crippen molar-refractivity contribution in [1.82, 2.24) is 0 Å². The van der Waals surface area contributed by atoms with Crippen LogP contribution in [0, 0.1) is 6.92 Å². The van der Waals surface area contributed by atoms with Gasteiger partial charge >= 0.3 is 0 Å². The first-order valence-electron chi connectivity index (χ1n) is 6.70. The molecule has 1 unspecified atom stereocenters. The summed E-state index contributed by atoms with van der Waals surface area (Å²) in [5.74, 6) is 1.28. The fourth-order valence-corrected chi connectivity index (χ4v) is 2.92. The molecule has 2 aromatic rings. The molecule has 0 amide bonds. The first kappa shape index (κ1) is 15.9. The molecular formula is C17H19BrO3. The number of halogens is 1. The maximum atomic E-state index is 10.5. The van der Waals surface area contributed by atoms with Gasteiger partial charge in [0.2, 0.25) is 0 Å². The molecule has 1 N–H and O–H groups in total. The second-order valence-corrected chi connectivity index (χ2v) is 5.70. The maximum Gasteiger partial charge on any atom is 0.142 e. The Morgan fingerprint density at radius 3 is 2.29 bits per heavy atom. The number of hydrogen-bond donors (Lipinski definition) is 1. The van der Waals surface area contributed by atoms with Crippen molar-refractivity contribution in [1.29, 1.82) is 0 Å². The minimum atomic E-state index is -0.634. The highest BCUT2D eigenvalue weighted by molar-refractivity contribution is 9.10. The van der Waals surface area contributed by atoms with E-state index in [2.05, 4.69) is 15.9 Å². The summed E-state index contributed by atoms with van der Waals surface area (Å²) < 4.78 is 11.4.